The quantitative estimate of drug-likeness (QED) is 0.542. The molecule has 0 aromatic heterocycles. The van der Waals surface area contributed by atoms with Crippen LogP contribution in [0, 0.1) is 0 Å². The lowest BCUT2D eigenvalue weighted by Crippen LogP contribution is -2.47. The number of hydrogen-bond donors (Lipinski definition) is 0. The Morgan fingerprint density at radius 1 is 0.842 bits per heavy atom. The molecular formula is C16H34O2P+. The third kappa shape index (κ3) is 3.72. The predicted molar refractivity (Wildman–Crippen MR) is 87.7 cm³/mol. The highest BCUT2D eigenvalue weighted by molar-refractivity contribution is 7.80. The smallest absolute Gasteiger partial charge is 0.343 e. The Morgan fingerprint density at radius 2 is 1.16 bits per heavy atom. The van der Waals surface area contributed by atoms with Crippen LogP contribution in [0.2, 0.25) is 0 Å². The molecule has 114 valence electrons. The van der Waals surface area contributed by atoms with Crippen molar-refractivity contribution in [3.8, 4) is 0 Å². The topological polar surface area (TPSA) is 26.3 Å². The summed E-state index contributed by atoms with van der Waals surface area (Å²) in [4.78, 5) is 12.2. The second-order valence-electron chi connectivity index (χ2n) is 8.29. The van der Waals surface area contributed by atoms with Crippen molar-refractivity contribution < 1.29 is 9.53 Å². The van der Waals surface area contributed by atoms with Gasteiger partial charge < -0.3 is 4.74 Å². The van der Waals surface area contributed by atoms with Gasteiger partial charge in [-0.2, -0.15) is 0 Å². The molecule has 0 atom stereocenters. The lowest BCUT2D eigenvalue weighted by Gasteiger charge is -2.53. The van der Waals surface area contributed by atoms with E-state index in [-0.39, 0.29) is 21.4 Å². The molecule has 0 rings (SSSR count). The highest BCUT2D eigenvalue weighted by atomic mass is 31.2. The van der Waals surface area contributed by atoms with Crippen molar-refractivity contribution >= 4 is 13.2 Å². The molecule has 0 spiro atoms. The van der Waals surface area contributed by atoms with Crippen molar-refractivity contribution in [2.75, 3.05) is 12.8 Å². The number of hydrogen-bond acceptors (Lipinski definition) is 2. The minimum absolute atomic E-state index is 0.0318. The van der Waals surface area contributed by atoms with Gasteiger partial charge in [-0.15, -0.1) is 0 Å². The predicted octanol–water partition coefficient (Wildman–Crippen LogP) is 4.96. The summed E-state index contributed by atoms with van der Waals surface area (Å²) in [7, 11) is -1.61. The molecular weight excluding hydrogens is 255 g/mol. The highest BCUT2D eigenvalue weighted by Crippen LogP contribution is 2.83. The summed E-state index contributed by atoms with van der Waals surface area (Å²) in [6, 6.07) is 0. The normalized spacial score (nSPS) is 14.4. The van der Waals surface area contributed by atoms with Crippen molar-refractivity contribution in [3.63, 3.8) is 0 Å². The van der Waals surface area contributed by atoms with Crippen LogP contribution in [0.3, 0.4) is 0 Å². The number of carbonyl (C=O) groups is 1. The largest absolute Gasteiger partial charge is 0.463 e. The Hall–Kier alpha value is -0.100. The zero-order valence-corrected chi connectivity index (χ0v) is 15.6. The maximum Gasteiger partial charge on any atom is 0.343 e. The zero-order chi connectivity index (χ0) is 15.7. The molecule has 0 aliphatic rings. The zero-order valence-electron chi connectivity index (χ0n) is 14.7. The van der Waals surface area contributed by atoms with E-state index < -0.39 is 7.26 Å². The molecule has 0 aromatic rings. The van der Waals surface area contributed by atoms with Crippen LogP contribution in [0.5, 0.6) is 0 Å². The minimum Gasteiger partial charge on any atom is -0.463 e. The van der Waals surface area contributed by atoms with Crippen molar-refractivity contribution in [2.24, 2.45) is 0 Å². The second kappa shape index (κ2) is 5.72. The molecule has 0 fully saturated rings. The maximum atomic E-state index is 12.2. The first-order valence-corrected chi connectivity index (χ1v) is 9.22. The number of rotatable bonds is 3. The van der Waals surface area contributed by atoms with Gasteiger partial charge in [0.25, 0.3) is 0 Å². The van der Waals surface area contributed by atoms with Gasteiger partial charge in [0.1, 0.15) is 0 Å². The van der Waals surface area contributed by atoms with Crippen LogP contribution >= 0.6 is 7.26 Å². The van der Waals surface area contributed by atoms with Gasteiger partial charge in [0.2, 0.25) is 0 Å². The first-order chi connectivity index (χ1) is 8.20. The van der Waals surface area contributed by atoms with Gasteiger partial charge in [-0.3, -0.25) is 0 Å². The summed E-state index contributed by atoms with van der Waals surface area (Å²) < 4.78 is 5.27. The fourth-order valence-electron chi connectivity index (χ4n) is 4.13. The lowest BCUT2D eigenvalue weighted by atomic mass is 10.2. The fraction of sp³-hybridized carbons (Fsp3) is 0.938. The molecule has 3 heteroatoms. The van der Waals surface area contributed by atoms with E-state index in [0.717, 1.165) is 0 Å². The van der Waals surface area contributed by atoms with Crippen LogP contribution in [0.15, 0.2) is 0 Å². The first-order valence-electron chi connectivity index (χ1n) is 7.24. The summed E-state index contributed by atoms with van der Waals surface area (Å²) in [5.74, 6) is -0.0318. The Morgan fingerprint density at radius 3 is 1.37 bits per heavy atom. The third-order valence-corrected chi connectivity index (χ3v) is 11.7. The van der Waals surface area contributed by atoms with Crippen molar-refractivity contribution in [1.29, 1.82) is 0 Å². The SMILES string of the molecule is CCOC(=O)C[P+](C(C)(C)C)(C(C)(C)C)C(C)(C)C. The Kier molecular flexibility index (Phi) is 5.69. The Bertz CT molecular complexity index is 277. The van der Waals surface area contributed by atoms with E-state index in [9.17, 15) is 4.79 Å². The van der Waals surface area contributed by atoms with Crippen molar-refractivity contribution in [2.45, 2.75) is 84.7 Å². The van der Waals surface area contributed by atoms with Gasteiger partial charge in [-0.05, 0) is 69.2 Å². The lowest BCUT2D eigenvalue weighted by molar-refractivity contribution is -0.140. The van der Waals surface area contributed by atoms with Crippen LogP contribution in [0.1, 0.15) is 69.2 Å². The van der Waals surface area contributed by atoms with Gasteiger partial charge in [0, 0.05) is 7.26 Å². The highest BCUT2D eigenvalue weighted by Gasteiger charge is 2.65. The van der Waals surface area contributed by atoms with Crippen molar-refractivity contribution in [3.05, 3.63) is 0 Å². The second-order valence-corrected chi connectivity index (χ2v) is 14.2. The van der Waals surface area contributed by atoms with E-state index in [0.29, 0.717) is 12.8 Å². The van der Waals surface area contributed by atoms with E-state index in [1.165, 1.54) is 0 Å². The minimum atomic E-state index is -1.61. The van der Waals surface area contributed by atoms with Crippen LogP contribution < -0.4 is 0 Å². The summed E-state index contributed by atoms with van der Waals surface area (Å²) in [5.41, 5.74) is 0. The van der Waals surface area contributed by atoms with Crippen LogP contribution in [-0.4, -0.2) is 34.2 Å². The van der Waals surface area contributed by atoms with Crippen LogP contribution in [0.4, 0.5) is 0 Å². The fourth-order valence-corrected chi connectivity index (χ4v) is 12.1. The number of esters is 1. The molecule has 0 unspecified atom stereocenters. The van der Waals surface area contributed by atoms with Gasteiger partial charge in [-0.1, -0.05) is 0 Å². The van der Waals surface area contributed by atoms with Crippen LogP contribution in [-0.2, 0) is 9.53 Å². The molecule has 0 N–H and O–H groups in total. The van der Waals surface area contributed by atoms with Gasteiger partial charge in [-0.25, -0.2) is 4.79 Å². The van der Waals surface area contributed by atoms with Crippen LogP contribution in [0.25, 0.3) is 0 Å². The molecule has 0 radical (unpaired) electrons. The third-order valence-electron chi connectivity index (χ3n) is 4.11. The molecule has 0 saturated carbocycles. The molecule has 0 heterocycles. The number of ether oxygens (including phenoxy) is 1. The Balaban J connectivity index is 5.90. The monoisotopic (exact) mass is 289 g/mol. The summed E-state index contributed by atoms with van der Waals surface area (Å²) >= 11 is 0. The van der Waals surface area contributed by atoms with Gasteiger partial charge >= 0.3 is 5.97 Å². The van der Waals surface area contributed by atoms with E-state index in [4.69, 9.17) is 4.74 Å². The maximum absolute atomic E-state index is 12.2. The average molecular weight is 289 g/mol. The first kappa shape index (κ1) is 18.9. The van der Waals surface area contributed by atoms with Crippen molar-refractivity contribution in [1.82, 2.24) is 0 Å². The molecule has 0 saturated heterocycles. The van der Waals surface area contributed by atoms with E-state index in [2.05, 4.69) is 62.3 Å². The average Bonchev–Trinajstić information content (AvgIpc) is 2.08. The number of carbonyl (C=O) groups excluding carboxylic acids is 1. The molecule has 0 amide bonds. The molecule has 0 aromatic carbocycles. The van der Waals surface area contributed by atoms with E-state index in [1.807, 2.05) is 6.92 Å². The van der Waals surface area contributed by atoms with E-state index in [1.54, 1.807) is 0 Å². The summed E-state index contributed by atoms with van der Waals surface area (Å²) in [6.07, 6.45) is 0.581. The molecule has 0 aliphatic heterocycles. The standard InChI is InChI=1S/C16H34O2P/c1-11-18-13(17)12-19(14(2,3)4,15(5,6)7)16(8,9)10/h11-12H2,1-10H3/q+1. The summed E-state index contributed by atoms with van der Waals surface area (Å²) in [6.45, 7) is 22.9. The molecule has 19 heavy (non-hydrogen) atoms. The van der Waals surface area contributed by atoms with Gasteiger partial charge in [0.05, 0.1) is 22.1 Å². The van der Waals surface area contributed by atoms with Gasteiger partial charge in [0.15, 0.2) is 6.16 Å². The molecule has 0 aliphatic carbocycles. The Labute approximate surface area is 121 Å². The molecule has 0 bridgehead atoms. The summed E-state index contributed by atoms with van der Waals surface area (Å²) in [5, 5.41) is 0.364. The van der Waals surface area contributed by atoms with E-state index >= 15 is 0 Å². The molecule has 2 nitrogen and oxygen atoms in total.